The van der Waals surface area contributed by atoms with Crippen LogP contribution in [0.15, 0.2) is 30.3 Å². The number of aliphatic hydroxyl groups is 1. The first-order valence-corrected chi connectivity index (χ1v) is 11.2. The first-order valence-electron chi connectivity index (χ1n) is 11.2. The highest BCUT2D eigenvalue weighted by Crippen LogP contribution is 2.23. The number of cyclic esters (lactones) is 1. The Labute approximate surface area is 190 Å². The summed E-state index contributed by atoms with van der Waals surface area (Å²) in [6.07, 6.45) is -1.06. The van der Waals surface area contributed by atoms with Crippen molar-refractivity contribution in [2.45, 2.75) is 77.4 Å². The molecule has 1 aromatic rings. The van der Waals surface area contributed by atoms with Crippen LogP contribution < -0.4 is 5.32 Å². The summed E-state index contributed by atoms with van der Waals surface area (Å²) >= 11 is 0. The molecule has 1 aromatic carbocycles. The minimum Gasteiger partial charge on any atom is -0.458 e. The highest BCUT2D eigenvalue weighted by molar-refractivity contribution is 5.81. The fourth-order valence-electron chi connectivity index (χ4n) is 3.50. The molecular weight excluding hydrogens is 414 g/mol. The van der Waals surface area contributed by atoms with Gasteiger partial charge in [0.2, 0.25) is 0 Å². The second-order valence-electron chi connectivity index (χ2n) is 9.30. The molecule has 8 heteroatoms. The topological polar surface area (TPSA) is 103 Å². The number of hydrogen-bond acceptors (Lipinski definition) is 7. The second kappa shape index (κ2) is 12.2. The molecule has 0 aliphatic carbocycles. The number of carbonyl (C=O) groups excluding carboxylic acids is 2. The van der Waals surface area contributed by atoms with Crippen LogP contribution in [0.3, 0.4) is 0 Å². The number of amides is 1. The summed E-state index contributed by atoms with van der Waals surface area (Å²) in [5, 5.41) is 12.1. The molecule has 2 rings (SSSR count). The summed E-state index contributed by atoms with van der Waals surface area (Å²) < 4.78 is 22.9. The van der Waals surface area contributed by atoms with E-state index in [1.165, 1.54) is 0 Å². The van der Waals surface area contributed by atoms with E-state index < -0.39 is 42.0 Å². The van der Waals surface area contributed by atoms with Crippen molar-refractivity contribution in [3.8, 4) is 0 Å². The molecule has 0 spiro atoms. The van der Waals surface area contributed by atoms with Crippen LogP contribution in [0.5, 0.6) is 0 Å². The molecule has 32 heavy (non-hydrogen) atoms. The van der Waals surface area contributed by atoms with E-state index in [0.717, 1.165) is 5.56 Å². The highest BCUT2D eigenvalue weighted by atomic mass is 16.6. The predicted molar refractivity (Wildman–Crippen MR) is 119 cm³/mol. The molecule has 1 aliphatic heterocycles. The smallest absolute Gasteiger partial charge is 0.408 e. The van der Waals surface area contributed by atoms with Crippen molar-refractivity contribution in [1.29, 1.82) is 0 Å². The third kappa shape index (κ3) is 9.14. The Morgan fingerprint density at radius 3 is 2.56 bits per heavy atom. The van der Waals surface area contributed by atoms with Gasteiger partial charge in [-0.05, 0) is 53.0 Å². The van der Waals surface area contributed by atoms with Gasteiger partial charge >= 0.3 is 12.1 Å². The van der Waals surface area contributed by atoms with Crippen molar-refractivity contribution in [3.63, 3.8) is 0 Å². The van der Waals surface area contributed by atoms with Gasteiger partial charge in [-0.3, -0.25) is 0 Å². The van der Waals surface area contributed by atoms with Crippen molar-refractivity contribution in [2.24, 2.45) is 5.92 Å². The molecule has 5 unspecified atom stereocenters. The highest BCUT2D eigenvalue weighted by Gasteiger charge is 2.36. The van der Waals surface area contributed by atoms with E-state index in [1.54, 1.807) is 34.6 Å². The summed E-state index contributed by atoms with van der Waals surface area (Å²) in [5.41, 5.74) is 0.427. The maximum absolute atomic E-state index is 12.8. The fourth-order valence-corrected chi connectivity index (χ4v) is 3.50. The molecule has 180 valence electrons. The van der Waals surface area contributed by atoms with Crippen LogP contribution in [0.2, 0.25) is 0 Å². The minimum absolute atomic E-state index is 0.0313. The van der Waals surface area contributed by atoms with Crippen molar-refractivity contribution < 1.29 is 33.6 Å². The first-order chi connectivity index (χ1) is 15.0. The Morgan fingerprint density at radius 2 is 1.94 bits per heavy atom. The summed E-state index contributed by atoms with van der Waals surface area (Å²) in [4.78, 5) is 24.9. The van der Waals surface area contributed by atoms with E-state index in [1.807, 2.05) is 30.3 Å². The van der Waals surface area contributed by atoms with Crippen LogP contribution in [0.1, 0.15) is 46.6 Å². The van der Waals surface area contributed by atoms with Gasteiger partial charge in [0.25, 0.3) is 0 Å². The van der Waals surface area contributed by atoms with Gasteiger partial charge in [-0.15, -0.1) is 0 Å². The predicted octanol–water partition coefficient (Wildman–Crippen LogP) is 2.86. The summed E-state index contributed by atoms with van der Waals surface area (Å²) in [7, 11) is 0. The standard InChI is InChI=1S/C24H37NO7/c1-16(26)11-12-30-21-17(2)31-22(27)20(25-23(28)32-24(3,4)5)15-29-14-19(21)13-18-9-7-6-8-10-18/h6-10,16-17,19-21,26H,11-15H2,1-5H3,(H,25,28). The van der Waals surface area contributed by atoms with E-state index in [4.69, 9.17) is 18.9 Å². The van der Waals surface area contributed by atoms with Crippen LogP contribution in [0.25, 0.3) is 0 Å². The molecule has 1 heterocycles. The number of benzene rings is 1. The summed E-state index contributed by atoms with van der Waals surface area (Å²) in [5.74, 6) is -0.692. The van der Waals surface area contributed by atoms with Crippen molar-refractivity contribution >= 4 is 12.1 Å². The SMILES string of the molecule is CC(O)CCOC1C(Cc2ccccc2)COCC(NC(=O)OC(C)(C)C)C(=O)OC1C. The Hall–Kier alpha value is -2.16. The Morgan fingerprint density at radius 1 is 1.25 bits per heavy atom. The lowest BCUT2D eigenvalue weighted by atomic mass is 9.91. The number of alkyl carbamates (subject to hydrolysis) is 1. The zero-order valence-corrected chi connectivity index (χ0v) is 19.7. The lowest BCUT2D eigenvalue weighted by Crippen LogP contribution is -2.47. The van der Waals surface area contributed by atoms with E-state index >= 15 is 0 Å². The summed E-state index contributed by atoms with van der Waals surface area (Å²) in [6.45, 7) is 9.33. The molecule has 1 saturated heterocycles. The number of carbonyl (C=O) groups is 2. The molecule has 0 bridgehead atoms. The number of aliphatic hydroxyl groups excluding tert-OH is 1. The zero-order valence-electron chi connectivity index (χ0n) is 19.7. The number of ether oxygens (including phenoxy) is 4. The quantitative estimate of drug-likeness (QED) is 0.615. The molecule has 8 nitrogen and oxygen atoms in total. The second-order valence-corrected chi connectivity index (χ2v) is 9.30. The maximum Gasteiger partial charge on any atom is 0.408 e. The molecule has 1 aliphatic rings. The van der Waals surface area contributed by atoms with Crippen molar-refractivity contribution in [2.75, 3.05) is 19.8 Å². The zero-order chi connectivity index (χ0) is 23.7. The molecule has 1 fully saturated rings. The lowest BCUT2D eigenvalue weighted by Gasteiger charge is -2.31. The van der Waals surface area contributed by atoms with Crippen molar-refractivity contribution in [3.05, 3.63) is 35.9 Å². The number of nitrogens with one attached hydrogen (secondary N) is 1. The molecular formula is C24H37NO7. The molecule has 2 N–H and O–H groups in total. The molecule has 5 atom stereocenters. The van der Waals surface area contributed by atoms with Crippen LogP contribution in [-0.4, -0.2) is 66.9 Å². The van der Waals surface area contributed by atoms with E-state index in [-0.39, 0.29) is 12.5 Å². The van der Waals surface area contributed by atoms with Gasteiger partial charge < -0.3 is 29.4 Å². The number of rotatable bonds is 7. The van der Waals surface area contributed by atoms with Crippen LogP contribution in [0, 0.1) is 5.92 Å². The molecule has 1 amide bonds. The lowest BCUT2D eigenvalue weighted by molar-refractivity contribution is -0.160. The van der Waals surface area contributed by atoms with E-state index in [2.05, 4.69) is 5.32 Å². The normalized spacial score (nSPS) is 25.6. The Bertz CT molecular complexity index is 717. The Kier molecular flexibility index (Phi) is 9.93. The first kappa shape index (κ1) is 26.1. The maximum atomic E-state index is 12.8. The van der Waals surface area contributed by atoms with Gasteiger partial charge in [-0.2, -0.15) is 0 Å². The average Bonchev–Trinajstić information content (AvgIpc) is 2.72. The van der Waals surface area contributed by atoms with Gasteiger partial charge in [0.05, 0.1) is 25.4 Å². The third-order valence-electron chi connectivity index (χ3n) is 5.01. The van der Waals surface area contributed by atoms with Crippen LogP contribution >= 0.6 is 0 Å². The fraction of sp³-hybridized carbons (Fsp3) is 0.667. The molecule has 0 saturated carbocycles. The van der Waals surface area contributed by atoms with E-state index in [9.17, 15) is 14.7 Å². The van der Waals surface area contributed by atoms with Crippen molar-refractivity contribution in [1.82, 2.24) is 5.32 Å². The largest absolute Gasteiger partial charge is 0.458 e. The van der Waals surface area contributed by atoms with Crippen LogP contribution in [-0.2, 0) is 30.2 Å². The van der Waals surface area contributed by atoms with Gasteiger partial charge in [-0.25, -0.2) is 9.59 Å². The van der Waals surface area contributed by atoms with Gasteiger partial charge in [0.1, 0.15) is 11.7 Å². The Balaban J connectivity index is 2.14. The minimum atomic E-state index is -0.985. The van der Waals surface area contributed by atoms with Gasteiger partial charge in [0, 0.05) is 12.5 Å². The van der Waals surface area contributed by atoms with E-state index in [0.29, 0.717) is 26.1 Å². The average molecular weight is 452 g/mol. The molecule has 0 aromatic heterocycles. The third-order valence-corrected chi connectivity index (χ3v) is 5.01. The number of hydrogen-bond donors (Lipinski definition) is 2. The number of esters is 1. The monoisotopic (exact) mass is 451 g/mol. The van der Waals surface area contributed by atoms with Gasteiger partial charge in [0.15, 0.2) is 6.04 Å². The van der Waals surface area contributed by atoms with Crippen LogP contribution in [0.4, 0.5) is 4.79 Å². The van der Waals surface area contributed by atoms with Gasteiger partial charge in [-0.1, -0.05) is 30.3 Å². The summed E-state index contributed by atoms with van der Waals surface area (Å²) in [6, 6.07) is 8.97. The molecule has 0 radical (unpaired) electrons.